The molecule has 2 aliphatic carbocycles. The number of fused-ring (bicyclic) bond motifs is 3. The summed E-state index contributed by atoms with van der Waals surface area (Å²) in [5.41, 5.74) is 3.30. The topological polar surface area (TPSA) is 85.2 Å². The highest BCUT2D eigenvalue weighted by atomic mass is 32.2. The molecule has 3 amide bonds. The summed E-state index contributed by atoms with van der Waals surface area (Å²) in [6, 6.07) is 17.6. The number of benzene rings is 2. The maximum atomic E-state index is 13.6. The number of hydrogen-bond acceptors (Lipinski definition) is 6. The second kappa shape index (κ2) is 11.6. The molecule has 2 aromatic carbocycles. The zero-order valence-electron chi connectivity index (χ0n) is 21.9. The molecule has 1 aromatic heterocycles. The molecule has 0 fully saturated rings. The van der Waals surface area contributed by atoms with E-state index in [1.807, 2.05) is 59.5 Å². The van der Waals surface area contributed by atoms with Crippen molar-refractivity contribution in [2.75, 3.05) is 21.3 Å². The molecule has 0 bridgehead atoms. The molecule has 6 rings (SSSR count). The third kappa shape index (κ3) is 5.44. The molecule has 1 aliphatic heterocycles. The Morgan fingerprint density at radius 2 is 1.98 bits per heavy atom. The van der Waals surface area contributed by atoms with Crippen LogP contribution in [0.2, 0.25) is 0 Å². The van der Waals surface area contributed by atoms with Gasteiger partial charge in [0.05, 0.1) is 28.3 Å². The Balaban J connectivity index is 1.11. The van der Waals surface area contributed by atoms with E-state index in [0.717, 1.165) is 40.3 Å². The SMILES string of the molecule is CC1CCc2c(sc(NC(=O)CSc3cccc(NC(=O)N4c5ccccc5SC5C=CC=CC54)c3)c2C#N)C1. The Kier molecular flexibility index (Phi) is 7.74. The van der Waals surface area contributed by atoms with Gasteiger partial charge < -0.3 is 10.6 Å². The van der Waals surface area contributed by atoms with Gasteiger partial charge in [-0.2, -0.15) is 5.26 Å². The molecule has 0 radical (unpaired) electrons. The monoisotopic (exact) mass is 584 g/mol. The van der Waals surface area contributed by atoms with Gasteiger partial charge in [0.25, 0.3) is 0 Å². The molecule has 202 valence electrons. The molecule has 0 spiro atoms. The molecule has 3 unspecified atom stereocenters. The average molecular weight is 585 g/mol. The predicted molar refractivity (Wildman–Crippen MR) is 166 cm³/mol. The Morgan fingerprint density at radius 3 is 2.85 bits per heavy atom. The van der Waals surface area contributed by atoms with Crippen LogP contribution >= 0.6 is 34.9 Å². The summed E-state index contributed by atoms with van der Waals surface area (Å²) >= 11 is 4.71. The van der Waals surface area contributed by atoms with Gasteiger partial charge in [-0.25, -0.2) is 4.79 Å². The van der Waals surface area contributed by atoms with Gasteiger partial charge in [-0.05, 0) is 61.1 Å². The molecule has 9 heteroatoms. The van der Waals surface area contributed by atoms with E-state index >= 15 is 0 Å². The van der Waals surface area contributed by atoms with Gasteiger partial charge in [0.1, 0.15) is 11.1 Å². The lowest BCUT2D eigenvalue weighted by molar-refractivity contribution is -0.113. The number of rotatable bonds is 5. The van der Waals surface area contributed by atoms with Gasteiger partial charge in [-0.1, -0.05) is 49.4 Å². The maximum Gasteiger partial charge on any atom is 0.326 e. The van der Waals surface area contributed by atoms with E-state index < -0.39 is 0 Å². The first-order chi connectivity index (χ1) is 19.5. The maximum absolute atomic E-state index is 13.6. The van der Waals surface area contributed by atoms with E-state index in [-0.39, 0.29) is 29.0 Å². The van der Waals surface area contributed by atoms with Gasteiger partial charge >= 0.3 is 6.03 Å². The van der Waals surface area contributed by atoms with Crippen molar-refractivity contribution in [3.05, 3.63) is 88.8 Å². The van der Waals surface area contributed by atoms with Crippen LogP contribution in [0, 0.1) is 17.2 Å². The van der Waals surface area contributed by atoms with Gasteiger partial charge in [-0.3, -0.25) is 9.69 Å². The van der Waals surface area contributed by atoms with Crippen molar-refractivity contribution in [2.24, 2.45) is 5.92 Å². The molecule has 0 saturated carbocycles. The quantitative estimate of drug-likeness (QED) is 0.304. The number of nitrogens with zero attached hydrogens (tertiary/aromatic N) is 2. The lowest BCUT2D eigenvalue weighted by Gasteiger charge is -2.40. The predicted octanol–water partition coefficient (Wildman–Crippen LogP) is 7.48. The summed E-state index contributed by atoms with van der Waals surface area (Å²) in [5.74, 6) is 0.664. The molecule has 2 N–H and O–H groups in total. The van der Waals surface area contributed by atoms with Crippen molar-refractivity contribution in [1.29, 1.82) is 5.26 Å². The smallest absolute Gasteiger partial charge is 0.316 e. The van der Waals surface area contributed by atoms with Crippen LogP contribution in [0.25, 0.3) is 0 Å². The highest BCUT2D eigenvalue weighted by Gasteiger charge is 2.36. The molecular formula is C31H28N4O2S3. The number of hydrogen-bond donors (Lipinski definition) is 2. The number of urea groups is 1. The van der Waals surface area contributed by atoms with Crippen molar-refractivity contribution < 1.29 is 9.59 Å². The molecule has 40 heavy (non-hydrogen) atoms. The van der Waals surface area contributed by atoms with Crippen molar-refractivity contribution in [2.45, 2.75) is 47.3 Å². The minimum Gasteiger partial charge on any atom is -0.316 e. The van der Waals surface area contributed by atoms with Gasteiger partial charge in [0, 0.05) is 20.4 Å². The van der Waals surface area contributed by atoms with Crippen molar-refractivity contribution in [1.82, 2.24) is 0 Å². The molecular weight excluding hydrogens is 557 g/mol. The first kappa shape index (κ1) is 26.8. The van der Waals surface area contributed by atoms with E-state index in [4.69, 9.17) is 0 Å². The second-order valence-electron chi connectivity index (χ2n) is 10.1. The number of thiophene rings is 1. The van der Waals surface area contributed by atoms with E-state index in [1.54, 1.807) is 11.8 Å². The fourth-order valence-electron chi connectivity index (χ4n) is 5.34. The fraction of sp³-hybridized carbons (Fsp3) is 0.258. The Bertz CT molecular complexity index is 1570. The summed E-state index contributed by atoms with van der Waals surface area (Å²) in [4.78, 5) is 31.4. The third-order valence-corrected chi connectivity index (χ3v) is 10.8. The summed E-state index contributed by atoms with van der Waals surface area (Å²) in [6.07, 6.45) is 11.2. The first-order valence-corrected chi connectivity index (χ1v) is 16.0. The Morgan fingerprint density at radius 1 is 1.12 bits per heavy atom. The Labute approximate surface area is 246 Å². The zero-order chi connectivity index (χ0) is 27.6. The lowest BCUT2D eigenvalue weighted by atomic mass is 9.89. The van der Waals surface area contributed by atoms with E-state index in [0.29, 0.717) is 22.2 Å². The lowest BCUT2D eigenvalue weighted by Crippen LogP contribution is -2.49. The molecule has 0 saturated heterocycles. The summed E-state index contributed by atoms with van der Waals surface area (Å²) in [7, 11) is 0. The standard InChI is InChI=1S/C31H28N4O2S3/c1-19-13-14-22-23(17-32)30(40-28(22)15-19)34-29(36)18-38-21-8-6-7-20(16-21)33-31(37)35-24-9-2-4-11-26(24)39-27-12-5-3-10-25(27)35/h2-12,16,19,24,26H,13-15,18H2,1H3,(H,33,37)(H,34,36). The van der Waals surface area contributed by atoms with Crippen LogP contribution in [0.3, 0.4) is 0 Å². The fourth-order valence-corrected chi connectivity index (χ4v) is 8.73. The summed E-state index contributed by atoms with van der Waals surface area (Å²) in [6.45, 7) is 2.23. The van der Waals surface area contributed by atoms with Crippen molar-refractivity contribution >= 4 is 63.2 Å². The number of anilines is 3. The number of nitrogens with one attached hydrogen (secondary N) is 2. The number of thioether (sulfide) groups is 2. The van der Waals surface area contributed by atoms with Crippen LogP contribution in [-0.2, 0) is 17.6 Å². The van der Waals surface area contributed by atoms with Crippen LogP contribution in [0.1, 0.15) is 29.3 Å². The number of amides is 3. The zero-order valence-corrected chi connectivity index (χ0v) is 24.4. The molecule has 2 heterocycles. The minimum atomic E-state index is -0.192. The average Bonchev–Trinajstić information content (AvgIpc) is 3.30. The van der Waals surface area contributed by atoms with E-state index in [2.05, 4.69) is 41.8 Å². The normalized spacial score (nSPS) is 20.6. The van der Waals surface area contributed by atoms with E-state index in [9.17, 15) is 14.9 Å². The Hall–Kier alpha value is -3.45. The van der Waals surface area contributed by atoms with E-state index in [1.165, 1.54) is 28.0 Å². The van der Waals surface area contributed by atoms with Crippen molar-refractivity contribution in [3.63, 3.8) is 0 Å². The number of para-hydroxylation sites is 1. The number of carbonyl (C=O) groups excluding carboxylic acids is 2. The van der Waals surface area contributed by atoms with Crippen LogP contribution in [0.15, 0.2) is 82.6 Å². The van der Waals surface area contributed by atoms with Gasteiger partial charge in [0.2, 0.25) is 5.91 Å². The van der Waals surface area contributed by atoms with Gasteiger partial charge in [-0.15, -0.1) is 34.9 Å². The largest absolute Gasteiger partial charge is 0.326 e. The summed E-state index contributed by atoms with van der Waals surface area (Å²) in [5, 5.41) is 16.6. The molecule has 3 aromatic rings. The molecule has 3 aliphatic rings. The third-order valence-electron chi connectivity index (χ3n) is 7.29. The van der Waals surface area contributed by atoms with Crippen LogP contribution < -0.4 is 15.5 Å². The molecule has 6 nitrogen and oxygen atoms in total. The van der Waals surface area contributed by atoms with Crippen LogP contribution in [0.5, 0.6) is 0 Å². The van der Waals surface area contributed by atoms with Crippen molar-refractivity contribution in [3.8, 4) is 6.07 Å². The summed E-state index contributed by atoms with van der Waals surface area (Å²) < 4.78 is 0. The van der Waals surface area contributed by atoms with Gasteiger partial charge in [0.15, 0.2) is 0 Å². The number of carbonyl (C=O) groups is 2. The van der Waals surface area contributed by atoms with Crippen LogP contribution in [0.4, 0.5) is 21.2 Å². The second-order valence-corrected chi connectivity index (χ2v) is 13.5. The highest BCUT2D eigenvalue weighted by Crippen LogP contribution is 2.44. The number of allylic oxidation sites excluding steroid dienone is 2. The minimum absolute atomic E-state index is 0.0735. The van der Waals surface area contributed by atoms with Crippen LogP contribution in [-0.4, -0.2) is 29.0 Å². The highest BCUT2D eigenvalue weighted by molar-refractivity contribution is 8.00. The first-order valence-electron chi connectivity index (χ1n) is 13.3. The number of nitriles is 1. The molecule has 3 atom stereocenters.